The van der Waals surface area contributed by atoms with E-state index in [0.29, 0.717) is 0 Å². The average Bonchev–Trinajstić information content (AvgIpc) is 3.08. The summed E-state index contributed by atoms with van der Waals surface area (Å²) in [6.45, 7) is 0. The minimum atomic E-state index is -2.04. The molecule has 0 aliphatic carbocycles. The smallest absolute Gasteiger partial charge is 0.0821 e. The highest BCUT2D eigenvalue weighted by Gasteiger charge is 2.61. The third-order valence-corrected chi connectivity index (χ3v) is 14.8. The molecule has 1 saturated heterocycles. The summed E-state index contributed by atoms with van der Waals surface area (Å²) in [7, 11) is -4.08. The van der Waals surface area contributed by atoms with Crippen LogP contribution in [0, 0.1) is 0 Å². The van der Waals surface area contributed by atoms with Gasteiger partial charge in [0.2, 0.25) is 0 Å². The van der Waals surface area contributed by atoms with Crippen molar-refractivity contribution in [1.82, 2.24) is 0 Å². The molecule has 4 aromatic rings. The lowest BCUT2D eigenvalue weighted by Crippen LogP contribution is -2.32. The molecule has 1 fully saturated rings. The lowest BCUT2D eigenvalue weighted by Gasteiger charge is -2.29. The van der Waals surface area contributed by atoms with Crippen LogP contribution in [-0.4, -0.2) is 12.3 Å². The first kappa shape index (κ1) is 20.6. The Kier molecular flexibility index (Phi) is 6.02. The van der Waals surface area contributed by atoms with E-state index < -0.39 is 15.0 Å². The van der Waals surface area contributed by atoms with Crippen LogP contribution in [-0.2, 0) is 4.31 Å². The lowest BCUT2D eigenvalue weighted by atomic mass is 10.4. The summed E-state index contributed by atoms with van der Waals surface area (Å²) in [5.74, 6) is 0. The van der Waals surface area contributed by atoms with Gasteiger partial charge in [0.05, 0.1) is 0 Å². The van der Waals surface area contributed by atoms with Crippen LogP contribution >= 0.6 is 15.0 Å². The molecule has 1 nitrogen and oxygen atoms in total. The largest absolute Gasteiger partial charge is 0.259 e. The Morgan fingerprint density at radius 2 is 0.645 bits per heavy atom. The minimum absolute atomic E-state index is 1.10. The van der Waals surface area contributed by atoms with Gasteiger partial charge < -0.3 is 0 Å². The highest BCUT2D eigenvalue weighted by molar-refractivity contribution is 7.97. The van der Waals surface area contributed by atoms with Crippen LogP contribution in [0.3, 0.4) is 0 Å². The van der Waals surface area contributed by atoms with E-state index in [0.717, 1.165) is 12.3 Å². The minimum Gasteiger partial charge on any atom is -0.0821 e. The summed E-state index contributed by atoms with van der Waals surface area (Å²) in [6.07, 6.45) is 4.59. The van der Waals surface area contributed by atoms with Gasteiger partial charge in [-0.1, -0.05) is 77.1 Å². The Morgan fingerprint density at radius 3 is 0.903 bits per heavy atom. The summed E-state index contributed by atoms with van der Waals surface area (Å²) in [6, 6.07) is 44.1. The third-order valence-electron chi connectivity index (χ3n) is 6.17. The van der Waals surface area contributed by atoms with Gasteiger partial charge in [0.15, 0.2) is 0 Å². The second-order valence-electron chi connectivity index (χ2n) is 8.06. The van der Waals surface area contributed by atoms with Crippen LogP contribution in [0.1, 0.15) is 12.8 Å². The van der Waals surface area contributed by atoms with Gasteiger partial charge in [0.25, 0.3) is 15.0 Å². The fourth-order valence-electron chi connectivity index (χ4n) is 4.67. The SMILES string of the molecule is c1ccc([P+]2(c3ccccc3)CCCC[P+](c3ccccc3)(c3ccccc3)O2)cc1. The summed E-state index contributed by atoms with van der Waals surface area (Å²) >= 11 is 0. The number of hydrogen-bond acceptors (Lipinski definition) is 1. The van der Waals surface area contributed by atoms with Gasteiger partial charge in [-0.05, 0) is 61.4 Å². The van der Waals surface area contributed by atoms with Gasteiger partial charge in [-0.3, -0.25) is 0 Å². The quantitative estimate of drug-likeness (QED) is 0.354. The molecule has 5 rings (SSSR count). The molecule has 4 aromatic carbocycles. The Hall–Kier alpha value is -2.30. The zero-order valence-electron chi connectivity index (χ0n) is 17.7. The van der Waals surface area contributed by atoms with Gasteiger partial charge in [-0.25, -0.2) is 0 Å². The molecule has 0 radical (unpaired) electrons. The van der Waals surface area contributed by atoms with Crippen molar-refractivity contribution in [2.75, 3.05) is 12.3 Å². The molecule has 0 N–H and O–H groups in total. The molecule has 0 amide bonds. The van der Waals surface area contributed by atoms with Gasteiger partial charge in [-0.2, -0.15) is 0 Å². The van der Waals surface area contributed by atoms with Crippen LogP contribution in [0.15, 0.2) is 121 Å². The summed E-state index contributed by atoms with van der Waals surface area (Å²) in [4.78, 5) is 0. The third kappa shape index (κ3) is 3.88. The van der Waals surface area contributed by atoms with E-state index in [4.69, 9.17) is 4.31 Å². The summed E-state index contributed by atoms with van der Waals surface area (Å²) in [5, 5.41) is 5.44. The summed E-state index contributed by atoms with van der Waals surface area (Å²) in [5.41, 5.74) is 0. The van der Waals surface area contributed by atoms with Crippen LogP contribution < -0.4 is 21.2 Å². The monoisotopic (exact) mass is 442 g/mol. The Bertz CT molecular complexity index is 929. The first-order chi connectivity index (χ1) is 15.3. The molecular formula is C28H28OP2+2. The van der Waals surface area contributed by atoms with Gasteiger partial charge in [0.1, 0.15) is 33.5 Å². The highest BCUT2D eigenvalue weighted by Crippen LogP contribution is 2.75. The Labute approximate surface area is 187 Å². The molecule has 0 aromatic heterocycles. The molecule has 0 spiro atoms. The van der Waals surface area contributed by atoms with E-state index in [-0.39, 0.29) is 0 Å². The molecule has 0 saturated carbocycles. The lowest BCUT2D eigenvalue weighted by molar-refractivity contribution is 0.681. The van der Waals surface area contributed by atoms with E-state index in [2.05, 4.69) is 121 Å². The maximum atomic E-state index is 7.75. The van der Waals surface area contributed by atoms with Crippen molar-refractivity contribution in [1.29, 1.82) is 0 Å². The molecule has 1 heterocycles. The molecule has 0 unspecified atom stereocenters. The predicted molar refractivity (Wildman–Crippen MR) is 138 cm³/mol. The fourth-order valence-corrected chi connectivity index (χ4v) is 14.3. The van der Waals surface area contributed by atoms with E-state index >= 15 is 0 Å². The van der Waals surface area contributed by atoms with E-state index in [1.165, 1.54) is 34.1 Å². The number of hydrogen-bond donors (Lipinski definition) is 0. The second-order valence-corrected chi connectivity index (χ2v) is 14.6. The van der Waals surface area contributed by atoms with Crippen molar-refractivity contribution in [3.63, 3.8) is 0 Å². The molecule has 1 aliphatic heterocycles. The summed E-state index contributed by atoms with van der Waals surface area (Å²) < 4.78 is 7.75. The van der Waals surface area contributed by atoms with Crippen molar-refractivity contribution in [3.8, 4) is 0 Å². The van der Waals surface area contributed by atoms with Crippen molar-refractivity contribution in [2.24, 2.45) is 0 Å². The molecule has 3 heteroatoms. The van der Waals surface area contributed by atoms with Crippen molar-refractivity contribution >= 4 is 36.2 Å². The topological polar surface area (TPSA) is 9.23 Å². The predicted octanol–water partition coefficient (Wildman–Crippen LogP) is 5.96. The number of rotatable bonds is 4. The van der Waals surface area contributed by atoms with Crippen LogP contribution in [0.2, 0.25) is 0 Å². The van der Waals surface area contributed by atoms with Gasteiger partial charge >= 0.3 is 0 Å². The second kappa shape index (κ2) is 9.05. The van der Waals surface area contributed by atoms with Crippen LogP contribution in [0.4, 0.5) is 0 Å². The molecule has 31 heavy (non-hydrogen) atoms. The Morgan fingerprint density at radius 1 is 0.387 bits per heavy atom. The van der Waals surface area contributed by atoms with E-state index in [1.54, 1.807) is 0 Å². The number of benzene rings is 4. The van der Waals surface area contributed by atoms with E-state index in [1.807, 2.05) is 0 Å². The van der Waals surface area contributed by atoms with Crippen molar-refractivity contribution in [3.05, 3.63) is 121 Å². The average molecular weight is 442 g/mol. The zero-order chi connectivity index (χ0) is 21.0. The van der Waals surface area contributed by atoms with Gasteiger partial charge in [0, 0.05) is 0 Å². The highest BCUT2D eigenvalue weighted by atomic mass is 31.3. The molecular weight excluding hydrogens is 414 g/mol. The molecule has 0 bridgehead atoms. The molecule has 154 valence electrons. The first-order valence-electron chi connectivity index (χ1n) is 11.0. The van der Waals surface area contributed by atoms with Crippen LogP contribution in [0.5, 0.6) is 0 Å². The normalized spacial score (nSPS) is 17.5. The molecule has 0 atom stereocenters. The maximum Gasteiger partial charge on any atom is 0.259 e. The van der Waals surface area contributed by atoms with Crippen LogP contribution in [0.25, 0.3) is 0 Å². The maximum absolute atomic E-state index is 7.75. The fraction of sp³-hybridized carbons (Fsp3) is 0.143. The van der Waals surface area contributed by atoms with Gasteiger partial charge in [-0.15, -0.1) is 0 Å². The zero-order valence-corrected chi connectivity index (χ0v) is 19.5. The van der Waals surface area contributed by atoms with Crippen molar-refractivity contribution < 1.29 is 4.31 Å². The first-order valence-corrected chi connectivity index (χ1v) is 14.8. The van der Waals surface area contributed by atoms with E-state index in [9.17, 15) is 0 Å². The molecule has 1 aliphatic rings. The van der Waals surface area contributed by atoms with Crippen molar-refractivity contribution in [2.45, 2.75) is 12.8 Å². The standard InChI is InChI=1S/C28H28OP2/c1-5-15-25(16-6-1)30(26-17-7-2-8-18-26)23-13-14-24-31(29-30,27-19-9-3-10-20-27)28-21-11-4-12-22-28/h1-12,15-22H,13-14,23-24H2/q+2. The Balaban J connectivity index is 1.77.